The molecule has 0 radical (unpaired) electrons. The van der Waals surface area contributed by atoms with E-state index in [0.717, 1.165) is 17.3 Å². The predicted octanol–water partition coefficient (Wildman–Crippen LogP) is 4.33. The Balaban J connectivity index is 2.51. The summed E-state index contributed by atoms with van der Waals surface area (Å²) >= 11 is 3.36. The summed E-state index contributed by atoms with van der Waals surface area (Å²) in [5, 5.41) is 2.99. The van der Waals surface area contributed by atoms with Gasteiger partial charge >= 0.3 is 0 Å². The van der Waals surface area contributed by atoms with E-state index in [1.165, 1.54) is 23.4 Å². The third kappa shape index (κ3) is 8.54. The van der Waals surface area contributed by atoms with Crippen LogP contribution in [0.2, 0.25) is 0 Å². The van der Waals surface area contributed by atoms with Crippen molar-refractivity contribution in [2.24, 2.45) is 5.92 Å². The molecule has 1 aromatic rings. The molecule has 0 aromatic heterocycles. The van der Waals surface area contributed by atoms with Gasteiger partial charge in [-0.1, -0.05) is 55.1 Å². The zero-order valence-corrected chi connectivity index (χ0v) is 18.4. The van der Waals surface area contributed by atoms with Crippen LogP contribution < -0.4 is 9.62 Å². The number of sulfonamides is 1. The minimum atomic E-state index is -3.39. The molecule has 0 saturated carbocycles. The summed E-state index contributed by atoms with van der Waals surface area (Å²) in [6, 6.07) is 7.16. The van der Waals surface area contributed by atoms with E-state index >= 15 is 0 Å². The van der Waals surface area contributed by atoms with E-state index in [1.807, 2.05) is 6.07 Å². The summed E-state index contributed by atoms with van der Waals surface area (Å²) in [4.78, 5) is 12.1. The van der Waals surface area contributed by atoms with Crippen LogP contribution in [0.15, 0.2) is 28.7 Å². The number of rotatable bonds is 12. The Bertz CT molecular complexity index is 665. The number of carbonyl (C=O) groups excluding carboxylic acids is 1. The number of hydrogen-bond acceptors (Lipinski definition) is 3. The highest BCUT2D eigenvalue weighted by Gasteiger charge is 2.18. The summed E-state index contributed by atoms with van der Waals surface area (Å²) in [5.74, 6) is 0.510. The van der Waals surface area contributed by atoms with Gasteiger partial charge in [0, 0.05) is 24.0 Å². The molecule has 5 nitrogen and oxygen atoms in total. The van der Waals surface area contributed by atoms with Gasteiger partial charge in [0.05, 0.1) is 11.9 Å². The van der Waals surface area contributed by atoms with Gasteiger partial charge in [0.1, 0.15) is 0 Å². The van der Waals surface area contributed by atoms with E-state index in [9.17, 15) is 13.2 Å². The highest BCUT2D eigenvalue weighted by atomic mass is 79.9. The molecular weight excluding hydrogens is 416 g/mol. The Morgan fingerprint density at radius 2 is 2.00 bits per heavy atom. The Labute approximate surface area is 166 Å². The van der Waals surface area contributed by atoms with Gasteiger partial charge in [0.2, 0.25) is 15.9 Å². The van der Waals surface area contributed by atoms with Gasteiger partial charge in [0.15, 0.2) is 0 Å². The fraction of sp³-hybridized carbons (Fsp3) is 0.632. The number of amides is 1. The third-order valence-corrected chi connectivity index (χ3v) is 6.08. The topological polar surface area (TPSA) is 66.5 Å². The molecule has 7 heteroatoms. The lowest BCUT2D eigenvalue weighted by Gasteiger charge is -2.22. The van der Waals surface area contributed by atoms with Crippen LogP contribution in [0.3, 0.4) is 0 Å². The second-order valence-electron chi connectivity index (χ2n) is 6.64. The number of nitrogens with one attached hydrogen (secondary N) is 1. The van der Waals surface area contributed by atoms with Gasteiger partial charge in [-0.2, -0.15) is 0 Å². The second kappa shape index (κ2) is 11.6. The molecule has 1 rings (SSSR count). The smallest absolute Gasteiger partial charge is 0.232 e. The van der Waals surface area contributed by atoms with Crippen LogP contribution in [-0.4, -0.2) is 33.7 Å². The molecule has 0 aliphatic rings. The van der Waals surface area contributed by atoms with Crippen molar-refractivity contribution in [3.05, 3.63) is 28.7 Å². The minimum Gasteiger partial charge on any atom is -0.356 e. The Morgan fingerprint density at radius 1 is 1.27 bits per heavy atom. The average molecular weight is 447 g/mol. The Morgan fingerprint density at radius 3 is 2.58 bits per heavy atom. The first-order chi connectivity index (χ1) is 12.3. The lowest BCUT2D eigenvalue weighted by Crippen LogP contribution is -2.33. The van der Waals surface area contributed by atoms with Gasteiger partial charge in [-0.05, 0) is 37.0 Å². The van der Waals surface area contributed by atoms with Gasteiger partial charge < -0.3 is 5.32 Å². The van der Waals surface area contributed by atoms with Crippen LogP contribution in [0, 0.1) is 5.92 Å². The third-order valence-electron chi connectivity index (χ3n) is 4.39. The summed E-state index contributed by atoms with van der Waals surface area (Å²) in [6.45, 7) is 5.31. The van der Waals surface area contributed by atoms with Crippen LogP contribution in [0.5, 0.6) is 0 Å². The quantitative estimate of drug-likeness (QED) is 0.519. The van der Waals surface area contributed by atoms with Gasteiger partial charge in [0.25, 0.3) is 0 Å². The van der Waals surface area contributed by atoms with Crippen molar-refractivity contribution < 1.29 is 13.2 Å². The van der Waals surface area contributed by atoms with Crippen molar-refractivity contribution in [1.82, 2.24) is 5.32 Å². The monoisotopic (exact) mass is 446 g/mol. The molecule has 0 fully saturated rings. The van der Waals surface area contributed by atoms with Crippen LogP contribution in [0.1, 0.15) is 52.4 Å². The zero-order valence-electron chi connectivity index (χ0n) is 16.0. The molecule has 0 unspecified atom stereocenters. The number of anilines is 1. The average Bonchev–Trinajstić information content (AvgIpc) is 2.57. The minimum absolute atomic E-state index is 0.0114. The molecule has 1 amide bonds. The summed E-state index contributed by atoms with van der Waals surface area (Å²) < 4.78 is 26.3. The Hall–Kier alpha value is -1.08. The number of carbonyl (C=O) groups is 1. The summed E-state index contributed by atoms with van der Waals surface area (Å²) in [7, 11) is -3.39. The predicted molar refractivity (Wildman–Crippen MR) is 112 cm³/mol. The van der Waals surface area contributed by atoms with Crippen LogP contribution >= 0.6 is 15.9 Å². The van der Waals surface area contributed by atoms with Crippen molar-refractivity contribution in [1.29, 1.82) is 0 Å². The zero-order chi connectivity index (χ0) is 19.6. The number of hydrogen-bond donors (Lipinski definition) is 1. The van der Waals surface area contributed by atoms with Crippen LogP contribution in [0.25, 0.3) is 0 Å². The van der Waals surface area contributed by atoms with E-state index in [2.05, 4.69) is 35.1 Å². The molecule has 1 N–H and O–H groups in total. The molecule has 26 heavy (non-hydrogen) atoms. The number of unbranched alkanes of at least 4 members (excludes halogenated alkanes) is 1. The number of nitrogens with zero attached hydrogens (tertiary/aromatic N) is 1. The molecule has 1 aromatic carbocycles. The standard InChI is InChI=1S/C19H31BrN2O3S/c1-4-6-9-16(5-2)15-21-19(23)12-8-13-22(26(3,24)25)18-11-7-10-17(20)14-18/h7,10-11,14,16H,4-6,8-9,12-13,15H2,1-3H3,(H,21,23)/t16-/m1/s1. The molecule has 0 aliphatic carbocycles. The number of benzene rings is 1. The molecule has 0 bridgehead atoms. The summed E-state index contributed by atoms with van der Waals surface area (Å²) in [6.07, 6.45) is 6.55. The highest BCUT2D eigenvalue weighted by Crippen LogP contribution is 2.22. The maximum absolute atomic E-state index is 12.1. The van der Waals surface area contributed by atoms with Gasteiger partial charge in [-0.15, -0.1) is 0 Å². The van der Waals surface area contributed by atoms with Crippen LogP contribution in [-0.2, 0) is 14.8 Å². The molecule has 0 saturated heterocycles. The fourth-order valence-corrected chi connectivity index (χ4v) is 4.14. The highest BCUT2D eigenvalue weighted by molar-refractivity contribution is 9.10. The maximum atomic E-state index is 12.1. The fourth-order valence-electron chi connectivity index (χ4n) is 2.79. The first-order valence-electron chi connectivity index (χ1n) is 9.27. The number of halogens is 1. The van der Waals surface area contributed by atoms with Crippen molar-refractivity contribution in [3.8, 4) is 0 Å². The lowest BCUT2D eigenvalue weighted by atomic mass is 9.99. The molecular formula is C19H31BrN2O3S. The Kier molecular flexibility index (Phi) is 10.2. The van der Waals surface area contributed by atoms with E-state index in [0.29, 0.717) is 31.0 Å². The first-order valence-corrected chi connectivity index (χ1v) is 11.9. The second-order valence-corrected chi connectivity index (χ2v) is 9.46. The molecule has 0 heterocycles. The normalized spacial score (nSPS) is 12.6. The molecule has 0 spiro atoms. The van der Waals surface area contributed by atoms with Crippen molar-refractivity contribution in [2.75, 3.05) is 23.7 Å². The van der Waals surface area contributed by atoms with E-state index in [-0.39, 0.29) is 12.5 Å². The van der Waals surface area contributed by atoms with E-state index in [4.69, 9.17) is 0 Å². The van der Waals surface area contributed by atoms with E-state index < -0.39 is 10.0 Å². The molecule has 0 aliphatic heterocycles. The van der Waals surface area contributed by atoms with Crippen LogP contribution in [0.4, 0.5) is 5.69 Å². The van der Waals surface area contributed by atoms with Crippen molar-refractivity contribution in [2.45, 2.75) is 52.4 Å². The summed E-state index contributed by atoms with van der Waals surface area (Å²) in [5.41, 5.74) is 0.605. The maximum Gasteiger partial charge on any atom is 0.232 e. The van der Waals surface area contributed by atoms with Gasteiger partial charge in [-0.3, -0.25) is 9.10 Å². The van der Waals surface area contributed by atoms with Crippen molar-refractivity contribution in [3.63, 3.8) is 0 Å². The van der Waals surface area contributed by atoms with Gasteiger partial charge in [-0.25, -0.2) is 8.42 Å². The SMILES string of the molecule is CCCC[C@@H](CC)CNC(=O)CCCN(c1cccc(Br)c1)S(C)(=O)=O. The molecule has 148 valence electrons. The largest absolute Gasteiger partial charge is 0.356 e. The van der Waals surface area contributed by atoms with Crippen molar-refractivity contribution >= 4 is 37.5 Å². The first kappa shape index (κ1) is 23.0. The molecule has 1 atom stereocenters. The van der Waals surface area contributed by atoms with E-state index in [1.54, 1.807) is 18.2 Å². The lowest BCUT2D eigenvalue weighted by molar-refractivity contribution is -0.121.